The molecule has 1 fully saturated rings. The molecule has 1 aromatic rings. The molecule has 0 bridgehead atoms. The number of amides is 1. The fraction of sp³-hybridized carbons (Fsp3) is 0.556. The molecule has 1 aliphatic rings. The number of ether oxygens (including phenoxy) is 3. The Morgan fingerprint density at radius 1 is 1.23 bits per heavy atom. The van der Waals surface area contributed by atoms with Crippen molar-refractivity contribution in [3.05, 3.63) is 29.8 Å². The van der Waals surface area contributed by atoms with Gasteiger partial charge in [0.25, 0.3) is 0 Å². The third-order valence-electron chi connectivity index (χ3n) is 4.12. The van der Waals surface area contributed by atoms with Crippen LogP contribution >= 0.6 is 12.4 Å². The Bertz CT molecular complexity index is 573. The second-order valence-electron chi connectivity index (χ2n) is 6.01. The van der Waals surface area contributed by atoms with Crippen LogP contribution in [0.4, 0.5) is 0 Å². The predicted octanol–water partition coefficient (Wildman–Crippen LogP) is 1.22. The molecule has 1 aromatic carbocycles. The Morgan fingerprint density at radius 2 is 1.88 bits per heavy atom. The van der Waals surface area contributed by atoms with Gasteiger partial charge in [0.2, 0.25) is 5.91 Å². The Morgan fingerprint density at radius 3 is 2.50 bits per heavy atom. The first-order valence-corrected chi connectivity index (χ1v) is 8.56. The maximum atomic E-state index is 12.2. The number of hydrogen-bond donors (Lipinski definition) is 2. The Labute approximate surface area is 160 Å². The van der Waals surface area contributed by atoms with Gasteiger partial charge in [-0.2, -0.15) is 0 Å². The summed E-state index contributed by atoms with van der Waals surface area (Å²) in [6.07, 6.45) is 1.78. The smallest absolute Gasteiger partial charge is 0.344 e. The lowest BCUT2D eigenvalue weighted by atomic mass is 9.90. The zero-order valence-corrected chi connectivity index (χ0v) is 15.8. The maximum Gasteiger partial charge on any atom is 0.344 e. The fourth-order valence-corrected chi connectivity index (χ4v) is 2.56. The molecule has 0 aromatic heterocycles. The van der Waals surface area contributed by atoms with E-state index in [0.29, 0.717) is 51.4 Å². The molecule has 26 heavy (non-hydrogen) atoms. The van der Waals surface area contributed by atoms with Crippen LogP contribution in [0.3, 0.4) is 0 Å². The molecule has 2 rings (SSSR count). The molecular formula is C18H27ClN2O5. The SMILES string of the molecule is CCOC(=O)COc1ccc(CCNC(=O)C2(N)CCOCC2)cc1.Cl. The monoisotopic (exact) mass is 386 g/mol. The third kappa shape index (κ3) is 6.82. The van der Waals surface area contributed by atoms with Gasteiger partial charge in [-0.1, -0.05) is 12.1 Å². The molecule has 146 valence electrons. The standard InChI is InChI=1S/C18H26N2O5.ClH/c1-2-24-16(21)13-25-15-5-3-14(4-6-15)7-10-20-17(22)18(19)8-11-23-12-9-18;/h3-6H,2,7-13,19H2,1H3,(H,20,22);1H. The van der Waals surface area contributed by atoms with Crippen molar-refractivity contribution in [2.75, 3.05) is 33.0 Å². The predicted molar refractivity (Wildman–Crippen MR) is 99.5 cm³/mol. The molecule has 0 radical (unpaired) electrons. The minimum Gasteiger partial charge on any atom is -0.482 e. The number of hydrogen-bond acceptors (Lipinski definition) is 6. The van der Waals surface area contributed by atoms with E-state index in [1.807, 2.05) is 12.1 Å². The minimum atomic E-state index is -0.816. The molecule has 1 heterocycles. The normalized spacial score (nSPS) is 15.5. The molecular weight excluding hydrogens is 360 g/mol. The zero-order valence-electron chi connectivity index (χ0n) is 15.0. The second-order valence-corrected chi connectivity index (χ2v) is 6.01. The van der Waals surface area contributed by atoms with Crippen LogP contribution in [-0.2, 0) is 25.5 Å². The van der Waals surface area contributed by atoms with Crippen LogP contribution in [0.25, 0.3) is 0 Å². The minimum absolute atomic E-state index is 0. The average molecular weight is 387 g/mol. The number of esters is 1. The van der Waals surface area contributed by atoms with Crippen molar-refractivity contribution in [1.82, 2.24) is 5.32 Å². The molecule has 1 saturated heterocycles. The van der Waals surface area contributed by atoms with Gasteiger partial charge in [-0.15, -0.1) is 12.4 Å². The van der Waals surface area contributed by atoms with Crippen LogP contribution < -0.4 is 15.8 Å². The molecule has 0 saturated carbocycles. The highest BCUT2D eigenvalue weighted by Crippen LogP contribution is 2.18. The quantitative estimate of drug-likeness (QED) is 0.651. The van der Waals surface area contributed by atoms with E-state index in [1.165, 1.54) is 0 Å². The van der Waals surface area contributed by atoms with Gasteiger partial charge in [-0.25, -0.2) is 4.79 Å². The van der Waals surface area contributed by atoms with E-state index in [1.54, 1.807) is 19.1 Å². The van der Waals surface area contributed by atoms with Crippen molar-refractivity contribution in [2.45, 2.75) is 31.7 Å². The summed E-state index contributed by atoms with van der Waals surface area (Å²) in [6.45, 7) is 3.55. The van der Waals surface area contributed by atoms with E-state index in [4.69, 9.17) is 19.9 Å². The summed E-state index contributed by atoms with van der Waals surface area (Å²) in [7, 11) is 0. The molecule has 0 unspecified atom stereocenters. The van der Waals surface area contributed by atoms with Crippen molar-refractivity contribution < 1.29 is 23.8 Å². The van der Waals surface area contributed by atoms with Gasteiger partial charge >= 0.3 is 5.97 Å². The molecule has 8 heteroatoms. The van der Waals surface area contributed by atoms with Crippen molar-refractivity contribution in [2.24, 2.45) is 5.73 Å². The third-order valence-corrected chi connectivity index (χ3v) is 4.12. The van der Waals surface area contributed by atoms with Crippen LogP contribution in [0.15, 0.2) is 24.3 Å². The number of carbonyl (C=O) groups is 2. The summed E-state index contributed by atoms with van der Waals surface area (Å²) < 4.78 is 15.4. The van der Waals surface area contributed by atoms with Crippen molar-refractivity contribution in [3.8, 4) is 5.75 Å². The highest BCUT2D eigenvalue weighted by Gasteiger charge is 2.35. The molecule has 0 spiro atoms. The van der Waals surface area contributed by atoms with E-state index in [2.05, 4.69) is 5.32 Å². The van der Waals surface area contributed by atoms with Gasteiger partial charge in [0, 0.05) is 19.8 Å². The molecule has 0 atom stereocenters. The van der Waals surface area contributed by atoms with E-state index in [-0.39, 0.29) is 24.9 Å². The highest BCUT2D eigenvalue weighted by atomic mass is 35.5. The number of rotatable bonds is 8. The first kappa shape index (κ1) is 22.2. The Balaban J connectivity index is 0.00000338. The summed E-state index contributed by atoms with van der Waals surface area (Å²) >= 11 is 0. The van der Waals surface area contributed by atoms with Gasteiger partial charge in [-0.3, -0.25) is 4.79 Å². The van der Waals surface area contributed by atoms with Gasteiger partial charge in [0.1, 0.15) is 5.75 Å². The number of nitrogens with one attached hydrogen (secondary N) is 1. The van der Waals surface area contributed by atoms with Crippen LogP contribution in [0.1, 0.15) is 25.3 Å². The molecule has 3 N–H and O–H groups in total. The van der Waals surface area contributed by atoms with Gasteiger partial charge < -0.3 is 25.3 Å². The first-order chi connectivity index (χ1) is 12.0. The molecule has 0 aliphatic carbocycles. The molecule has 1 aliphatic heterocycles. The fourth-order valence-electron chi connectivity index (χ4n) is 2.56. The van der Waals surface area contributed by atoms with E-state index in [9.17, 15) is 9.59 Å². The molecule has 1 amide bonds. The highest BCUT2D eigenvalue weighted by molar-refractivity contribution is 5.86. The van der Waals surface area contributed by atoms with Crippen LogP contribution in [0, 0.1) is 0 Å². The largest absolute Gasteiger partial charge is 0.482 e. The summed E-state index contributed by atoms with van der Waals surface area (Å²) in [5, 5.41) is 2.90. The van der Waals surface area contributed by atoms with Gasteiger partial charge in [-0.05, 0) is 43.9 Å². The average Bonchev–Trinajstić information content (AvgIpc) is 2.62. The van der Waals surface area contributed by atoms with E-state index in [0.717, 1.165) is 5.56 Å². The van der Waals surface area contributed by atoms with Gasteiger partial charge in [0.05, 0.1) is 12.1 Å². The molecule has 7 nitrogen and oxygen atoms in total. The summed E-state index contributed by atoms with van der Waals surface area (Å²) in [5.74, 6) is 0.0901. The lowest BCUT2D eigenvalue weighted by Gasteiger charge is -2.31. The van der Waals surface area contributed by atoms with Crippen LogP contribution in [-0.4, -0.2) is 50.4 Å². The Hall–Kier alpha value is -1.83. The lowest BCUT2D eigenvalue weighted by Crippen LogP contribution is -2.57. The van der Waals surface area contributed by atoms with Gasteiger partial charge in [0.15, 0.2) is 6.61 Å². The van der Waals surface area contributed by atoms with Crippen LogP contribution in [0.2, 0.25) is 0 Å². The first-order valence-electron chi connectivity index (χ1n) is 8.56. The van der Waals surface area contributed by atoms with E-state index < -0.39 is 11.5 Å². The zero-order chi connectivity index (χ0) is 18.1. The van der Waals surface area contributed by atoms with Crippen molar-refractivity contribution in [1.29, 1.82) is 0 Å². The lowest BCUT2D eigenvalue weighted by molar-refractivity contribution is -0.145. The topological polar surface area (TPSA) is 99.9 Å². The van der Waals surface area contributed by atoms with Crippen molar-refractivity contribution in [3.63, 3.8) is 0 Å². The Kier molecular flexibility index (Phi) is 9.40. The van der Waals surface area contributed by atoms with Crippen LogP contribution in [0.5, 0.6) is 5.75 Å². The summed E-state index contributed by atoms with van der Waals surface area (Å²) in [6, 6.07) is 7.39. The number of carbonyl (C=O) groups excluding carboxylic acids is 2. The summed E-state index contributed by atoms with van der Waals surface area (Å²) in [4.78, 5) is 23.5. The summed E-state index contributed by atoms with van der Waals surface area (Å²) in [5.41, 5.74) is 6.38. The number of benzene rings is 1. The maximum absolute atomic E-state index is 12.2. The van der Waals surface area contributed by atoms with E-state index >= 15 is 0 Å². The second kappa shape index (κ2) is 11.0. The number of halogens is 1. The number of nitrogens with two attached hydrogens (primary N) is 1. The van der Waals surface area contributed by atoms with Crippen molar-refractivity contribution >= 4 is 24.3 Å².